The molecule has 2 atom stereocenters. The number of hydrazine groups is 1. The summed E-state index contributed by atoms with van der Waals surface area (Å²) >= 11 is 0. The van der Waals surface area contributed by atoms with Crippen molar-refractivity contribution < 1.29 is 22.3 Å². The number of ether oxygens (including phenoxy) is 1. The second-order valence-corrected chi connectivity index (χ2v) is 10.4. The van der Waals surface area contributed by atoms with Crippen molar-refractivity contribution in [2.45, 2.75) is 58.0 Å². The van der Waals surface area contributed by atoms with E-state index in [-0.39, 0.29) is 24.0 Å². The van der Waals surface area contributed by atoms with E-state index < -0.39 is 39.1 Å². The number of aromatic nitrogens is 2. The van der Waals surface area contributed by atoms with Crippen LogP contribution in [0.1, 0.15) is 56.7 Å². The molecule has 1 aromatic heterocycles. The van der Waals surface area contributed by atoms with Crippen molar-refractivity contribution in [3.63, 3.8) is 0 Å². The molecular formula is C25H33FN6O4S. The maximum Gasteiger partial charge on any atom is 0.262 e. The van der Waals surface area contributed by atoms with Crippen LogP contribution in [0, 0.1) is 12.7 Å². The van der Waals surface area contributed by atoms with E-state index >= 15 is 0 Å². The van der Waals surface area contributed by atoms with Crippen LogP contribution in [-0.4, -0.2) is 41.6 Å². The number of carbonyl (C=O) groups is 1. The van der Waals surface area contributed by atoms with Crippen molar-refractivity contribution in [3.8, 4) is 0 Å². The molecule has 0 radical (unpaired) electrons. The van der Waals surface area contributed by atoms with Crippen LogP contribution in [0.25, 0.3) is 6.08 Å². The normalized spacial score (nSPS) is 13.5. The lowest BCUT2D eigenvalue weighted by Crippen LogP contribution is -2.46. The Balaban J connectivity index is 2.47. The molecule has 0 bridgehead atoms. The fourth-order valence-corrected chi connectivity index (χ4v) is 4.06. The Bertz CT molecular complexity index is 1230. The lowest BCUT2D eigenvalue weighted by molar-refractivity contribution is -0.121. The van der Waals surface area contributed by atoms with E-state index in [2.05, 4.69) is 43.7 Å². The number of nitrogens with zero attached hydrogens (tertiary/aromatic N) is 3. The summed E-state index contributed by atoms with van der Waals surface area (Å²) in [5.41, 5.74) is 5.87. The van der Waals surface area contributed by atoms with E-state index in [4.69, 9.17) is 4.74 Å². The molecule has 2 rings (SSSR count). The lowest BCUT2D eigenvalue weighted by atomic mass is 10.1. The van der Waals surface area contributed by atoms with Crippen LogP contribution in [0.2, 0.25) is 0 Å². The highest BCUT2D eigenvalue weighted by Gasteiger charge is 2.34. The number of amides is 1. The molecule has 10 nitrogen and oxygen atoms in total. The first-order chi connectivity index (χ1) is 17.5. The largest absolute Gasteiger partial charge is 0.366 e. The summed E-state index contributed by atoms with van der Waals surface area (Å²) in [6, 6.07) is 4.25. The zero-order chi connectivity index (χ0) is 27.6. The molecule has 200 valence electrons. The van der Waals surface area contributed by atoms with Gasteiger partial charge in [-0.25, -0.2) is 22.8 Å². The van der Waals surface area contributed by atoms with E-state index in [9.17, 15) is 17.6 Å². The third kappa shape index (κ3) is 8.76. The van der Waals surface area contributed by atoms with E-state index in [1.807, 2.05) is 0 Å². The minimum Gasteiger partial charge on any atom is -0.366 e. The van der Waals surface area contributed by atoms with E-state index in [0.717, 1.165) is 5.56 Å². The van der Waals surface area contributed by atoms with Gasteiger partial charge in [0.25, 0.3) is 10.0 Å². The third-order valence-corrected chi connectivity index (χ3v) is 6.62. The van der Waals surface area contributed by atoms with Crippen LogP contribution in [0.4, 0.5) is 10.1 Å². The number of hydrogen-bond donors (Lipinski definition) is 3. The Morgan fingerprint density at radius 2 is 1.86 bits per heavy atom. The minimum atomic E-state index is -4.34. The summed E-state index contributed by atoms with van der Waals surface area (Å²) in [6.07, 6.45) is 5.19. The van der Waals surface area contributed by atoms with Gasteiger partial charge in [0.2, 0.25) is 11.9 Å². The number of rotatable bonds is 11. The standard InChI is InChI=1S/C25H33FN6O4S/c1-7-9-13-21(33)30-31-25(29-22-19(8-2)11-10-12-20(22)26)32-37(34,35)18(6)23(36-16(3)4)24-27-14-17(5)15-28-24/h7-8,10-12,14-16,18,23H,1-2,9,13H2,3-6H3,(H,30,33)(H2,29,31,32)/t18-,23+/m0/s1. The highest BCUT2D eigenvalue weighted by atomic mass is 32.2. The van der Waals surface area contributed by atoms with Gasteiger partial charge in [0.1, 0.15) is 17.2 Å². The molecule has 0 fully saturated rings. The quantitative estimate of drug-likeness (QED) is 0.172. The molecule has 3 N–H and O–H groups in total. The molecule has 1 heterocycles. The van der Waals surface area contributed by atoms with Crippen molar-refractivity contribution >= 4 is 33.7 Å². The molecule has 37 heavy (non-hydrogen) atoms. The van der Waals surface area contributed by atoms with E-state index in [1.54, 1.807) is 45.3 Å². The van der Waals surface area contributed by atoms with E-state index in [1.165, 1.54) is 25.1 Å². The molecule has 1 aromatic carbocycles. The Morgan fingerprint density at radius 1 is 1.19 bits per heavy atom. The SMILES string of the molecule is C=CCCC(=O)NNC(=NS(=O)(=O)[C@@H](C)[C@@H](OC(C)C)c1ncc(C)cn1)Nc1c(F)cccc1C=C. The average molecular weight is 533 g/mol. The van der Waals surface area contributed by atoms with Gasteiger partial charge in [-0.3, -0.25) is 15.6 Å². The first kappa shape index (κ1) is 29.6. The van der Waals surface area contributed by atoms with Crippen molar-refractivity contribution in [1.29, 1.82) is 0 Å². The summed E-state index contributed by atoms with van der Waals surface area (Å²) < 4.78 is 51.1. The van der Waals surface area contributed by atoms with Gasteiger partial charge < -0.3 is 10.1 Å². The van der Waals surface area contributed by atoms with Crippen LogP contribution in [0.5, 0.6) is 0 Å². The maximum atomic E-state index is 14.6. The highest BCUT2D eigenvalue weighted by Crippen LogP contribution is 2.27. The maximum absolute atomic E-state index is 14.6. The number of carbonyl (C=O) groups excluding carboxylic acids is 1. The minimum absolute atomic E-state index is 0.0798. The fourth-order valence-electron chi connectivity index (χ4n) is 3.05. The number of allylic oxidation sites excluding steroid dienone is 1. The summed E-state index contributed by atoms with van der Waals surface area (Å²) in [5, 5.41) is 1.38. The number of nitrogens with one attached hydrogen (secondary N) is 3. The van der Waals surface area contributed by atoms with Crippen LogP contribution in [0.3, 0.4) is 0 Å². The number of halogens is 1. The molecular weight excluding hydrogens is 499 g/mol. The number of anilines is 1. The fraction of sp³-hybridized carbons (Fsp3) is 0.360. The van der Waals surface area contributed by atoms with Gasteiger partial charge in [-0.1, -0.05) is 30.9 Å². The van der Waals surface area contributed by atoms with Crippen LogP contribution in [0.15, 0.2) is 54.2 Å². The number of hydrogen-bond acceptors (Lipinski definition) is 6. The average Bonchev–Trinajstić information content (AvgIpc) is 2.85. The van der Waals surface area contributed by atoms with Crippen LogP contribution >= 0.6 is 0 Å². The molecule has 0 aliphatic heterocycles. The van der Waals surface area contributed by atoms with Gasteiger partial charge in [-0.05, 0) is 45.7 Å². The van der Waals surface area contributed by atoms with Gasteiger partial charge >= 0.3 is 0 Å². The number of benzene rings is 1. The number of aryl methyl sites for hydroxylation is 1. The molecule has 0 saturated carbocycles. The highest BCUT2D eigenvalue weighted by molar-refractivity contribution is 7.90. The zero-order valence-electron chi connectivity index (χ0n) is 21.4. The van der Waals surface area contributed by atoms with Gasteiger partial charge in [-0.2, -0.15) is 0 Å². The monoisotopic (exact) mass is 532 g/mol. The van der Waals surface area contributed by atoms with Crippen LogP contribution < -0.4 is 16.2 Å². The predicted octanol–water partition coefficient (Wildman–Crippen LogP) is 3.81. The predicted molar refractivity (Wildman–Crippen MR) is 142 cm³/mol. The van der Waals surface area contributed by atoms with Crippen molar-refractivity contribution in [2.75, 3.05) is 5.32 Å². The topological polar surface area (TPSA) is 135 Å². The summed E-state index contributed by atoms with van der Waals surface area (Å²) in [6.45, 7) is 13.9. The number of para-hydroxylation sites is 1. The smallest absolute Gasteiger partial charge is 0.262 e. The number of guanidine groups is 1. The third-order valence-electron chi connectivity index (χ3n) is 4.99. The van der Waals surface area contributed by atoms with Gasteiger partial charge in [-0.15, -0.1) is 11.0 Å². The molecule has 0 saturated heterocycles. The van der Waals surface area contributed by atoms with Crippen molar-refractivity contribution in [3.05, 3.63) is 72.6 Å². The van der Waals surface area contributed by atoms with E-state index in [0.29, 0.717) is 12.0 Å². The Hall–Kier alpha value is -3.64. The summed E-state index contributed by atoms with van der Waals surface area (Å²) in [4.78, 5) is 20.6. The summed E-state index contributed by atoms with van der Waals surface area (Å²) in [5.74, 6) is -1.38. The summed E-state index contributed by atoms with van der Waals surface area (Å²) in [7, 11) is -4.34. The Morgan fingerprint density at radius 3 is 2.46 bits per heavy atom. The number of sulfonamides is 1. The molecule has 1 amide bonds. The second-order valence-electron chi connectivity index (χ2n) is 8.42. The Kier molecular flexibility index (Phi) is 10.9. The molecule has 0 aliphatic rings. The zero-order valence-corrected chi connectivity index (χ0v) is 22.2. The Labute approximate surface area is 217 Å². The van der Waals surface area contributed by atoms with Crippen molar-refractivity contribution in [1.82, 2.24) is 20.8 Å². The molecule has 0 spiro atoms. The van der Waals surface area contributed by atoms with Gasteiger partial charge in [0.15, 0.2) is 5.82 Å². The second kappa shape index (κ2) is 13.6. The van der Waals surface area contributed by atoms with Crippen LogP contribution in [-0.2, 0) is 19.6 Å². The lowest BCUT2D eigenvalue weighted by Gasteiger charge is -2.24. The van der Waals surface area contributed by atoms with Gasteiger partial charge in [0.05, 0.1) is 11.8 Å². The molecule has 12 heteroatoms. The molecule has 0 unspecified atom stereocenters. The first-order valence-electron chi connectivity index (χ1n) is 11.6. The first-order valence-corrected chi connectivity index (χ1v) is 13.1. The molecule has 0 aliphatic carbocycles. The van der Waals surface area contributed by atoms with Gasteiger partial charge in [0, 0.05) is 24.4 Å². The molecule has 2 aromatic rings. The van der Waals surface area contributed by atoms with Crippen molar-refractivity contribution in [2.24, 2.45) is 4.40 Å².